The van der Waals surface area contributed by atoms with E-state index in [2.05, 4.69) is 0 Å². The van der Waals surface area contributed by atoms with Gasteiger partial charge in [0.05, 0.1) is 6.26 Å². The van der Waals surface area contributed by atoms with E-state index >= 15 is 0 Å². The smallest absolute Gasteiger partial charge is 0.163 e. The fourth-order valence-corrected chi connectivity index (χ4v) is 1.52. The van der Waals surface area contributed by atoms with Crippen LogP contribution >= 0.6 is 0 Å². The molecule has 0 aromatic heterocycles. The fraction of sp³-hybridized carbons (Fsp3) is 0.182. The minimum Gasteiger partial charge on any atom is -0.490 e. The molecule has 0 radical (unpaired) electrons. The first-order valence-corrected chi connectivity index (χ1v) is 4.34. The van der Waals surface area contributed by atoms with Gasteiger partial charge in [-0.2, -0.15) is 0 Å². The topological polar surface area (TPSA) is 26.3 Å². The van der Waals surface area contributed by atoms with E-state index in [0.717, 1.165) is 11.8 Å². The van der Waals surface area contributed by atoms with Crippen LogP contribution in [0.2, 0.25) is 0 Å². The molecule has 0 spiro atoms. The number of rotatable bonds is 2. The Kier molecular flexibility index (Phi) is 2.31. The molecule has 2 atom stereocenters. The number of halogens is 1. The first-order chi connectivity index (χ1) is 6.81. The van der Waals surface area contributed by atoms with E-state index in [4.69, 9.17) is 4.74 Å². The van der Waals surface area contributed by atoms with Gasteiger partial charge in [-0.05, 0) is 23.8 Å². The zero-order chi connectivity index (χ0) is 9.97. The zero-order valence-electron chi connectivity index (χ0n) is 7.39. The van der Waals surface area contributed by atoms with Gasteiger partial charge >= 0.3 is 0 Å². The van der Waals surface area contributed by atoms with Crippen LogP contribution in [-0.4, -0.2) is 12.4 Å². The number of carbonyl (C=O) groups is 1. The summed E-state index contributed by atoms with van der Waals surface area (Å²) in [6, 6.07) is 6.08. The minimum absolute atomic E-state index is 0.0897. The third-order valence-electron chi connectivity index (χ3n) is 2.26. The van der Waals surface area contributed by atoms with Gasteiger partial charge in [0, 0.05) is 5.92 Å². The Bertz CT molecular complexity index is 356. The van der Waals surface area contributed by atoms with Crippen molar-refractivity contribution in [2.24, 2.45) is 0 Å². The van der Waals surface area contributed by atoms with Gasteiger partial charge < -0.3 is 4.74 Å². The molecule has 2 unspecified atom stereocenters. The molecule has 3 heteroatoms. The molecule has 1 aliphatic rings. The number of benzene rings is 1. The average Bonchev–Trinajstić information content (AvgIpc) is 2.67. The van der Waals surface area contributed by atoms with Crippen LogP contribution in [0.3, 0.4) is 0 Å². The number of hydrogen-bond donors (Lipinski definition) is 0. The van der Waals surface area contributed by atoms with E-state index < -0.39 is 6.10 Å². The summed E-state index contributed by atoms with van der Waals surface area (Å²) in [4.78, 5) is 10.6. The highest BCUT2D eigenvalue weighted by molar-refractivity contribution is 5.60. The van der Waals surface area contributed by atoms with Crippen molar-refractivity contribution in [2.45, 2.75) is 12.0 Å². The van der Waals surface area contributed by atoms with Gasteiger partial charge in [-0.15, -0.1) is 0 Å². The summed E-state index contributed by atoms with van der Waals surface area (Å²) in [7, 11) is 0. The molecular formula is C11H9FO2. The lowest BCUT2D eigenvalue weighted by Crippen LogP contribution is -2.16. The summed E-state index contributed by atoms with van der Waals surface area (Å²) in [6.07, 6.45) is 3.59. The van der Waals surface area contributed by atoms with Crippen molar-refractivity contribution in [1.82, 2.24) is 0 Å². The summed E-state index contributed by atoms with van der Waals surface area (Å²) in [5.74, 6) is -0.368. The Labute approximate surface area is 81.0 Å². The molecule has 2 nitrogen and oxygen atoms in total. The number of hydrogen-bond acceptors (Lipinski definition) is 2. The SMILES string of the molecule is O=CC1OC=CC1c1ccc(F)cc1. The number of aldehydes is 1. The minimum atomic E-state index is -0.472. The molecule has 0 saturated heterocycles. The predicted molar refractivity (Wildman–Crippen MR) is 49.2 cm³/mol. The van der Waals surface area contributed by atoms with Crippen molar-refractivity contribution in [2.75, 3.05) is 0 Å². The third-order valence-corrected chi connectivity index (χ3v) is 2.26. The Balaban J connectivity index is 2.26. The van der Waals surface area contributed by atoms with Crippen molar-refractivity contribution >= 4 is 6.29 Å². The van der Waals surface area contributed by atoms with E-state index in [1.54, 1.807) is 18.2 Å². The standard InChI is InChI=1S/C11H9FO2/c12-9-3-1-8(2-4-9)10-5-6-14-11(10)7-13/h1-7,10-11H. The van der Waals surface area contributed by atoms with E-state index in [0.29, 0.717) is 0 Å². The van der Waals surface area contributed by atoms with Gasteiger partial charge in [0.1, 0.15) is 5.82 Å². The summed E-state index contributed by atoms with van der Waals surface area (Å²) in [5.41, 5.74) is 0.886. The Morgan fingerprint density at radius 3 is 2.64 bits per heavy atom. The lowest BCUT2D eigenvalue weighted by atomic mass is 9.95. The Morgan fingerprint density at radius 2 is 2.00 bits per heavy atom. The molecule has 14 heavy (non-hydrogen) atoms. The van der Waals surface area contributed by atoms with Gasteiger partial charge in [-0.1, -0.05) is 12.1 Å². The quantitative estimate of drug-likeness (QED) is 0.670. The molecule has 72 valence electrons. The Hall–Kier alpha value is -1.64. The monoisotopic (exact) mass is 192 g/mol. The number of carbonyl (C=O) groups excluding carboxylic acids is 1. The summed E-state index contributed by atoms with van der Waals surface area (Å²) in [6.45, 7) is 0. The Morgan fingerprint density at radius 1 is 1.29 bits per heavy atom. The molecule has 2 rings (SSSR count). The second kappa shape index (κ2) is 3.62. The molecule has 0 fully saturated rings. The molecule has 1 aromatic carbocycles. The van der Waals surface area contributed by atoms with Gasteiger partial charge in [0.2, 0.25) is 0 Å². The van der Waals surface area contributed by atoms with Crippen LogP contribution < -0.4 is 0 Å². The maximum atomic E-state index is 12.6. The summed E-state index contributed by atoms with van der Waals surface area (Å²) >= 11 is 0. The van der Waals surface area contributed by atoms with Crippen LogP contribution in [0.4, 0.5) is 4.39 Å². The zero-order valence-corrected chi connectivity index (χ0v) is 7.39. The van der Waals surface area contributed by atoms with Crippen LogP contribution in [0, 0.1) is 5.82 Å². The maximum Gasteiger partial charge on any atom is 0.163 e. The molecule has 1 heterocycles. The maximum absolute atomic E-state index is 12.6. The van der Waals surface area contributed by atoms with Gasteiger partial charge in [-0.25, -0.2) is 4.39 Å². The lowest BCUT2D eigenvalue weighted by molar-refractivity contribution is -0.114. The molecule has 1 aromatic rings. The normalized spacial score (nSPS) is 24.6. The summed E-state index contributed by atoms with van der Waals surface area (Å²) < 4.78 is 17.7. The van der Waals surface area contributed by atoms with Crippen molar-refractivity contribution in [3.63, 3.8) is 0 Å². The molecule has 1 aliphatic heterocycles. The van der Waals surface area contributed by atoms with Gasteiger partial charge in [-0.3, -0.25) is 4.79 Å². The van der Waals surface area contributed by atoms with Gasteiger partial charge in [0.15, 0.2) is 12.4 Å². The molecule has 0 amide bonds. The van der Waals surface area contributed by atoms with E-state index in [9.17, 15) is 9.18 Å². The van der Waals surface area contributed by atoms with Crippen molar-refractivity contribution in [1.29, 1.82) is 0 Å². The van der Waals surface area contributed by atoms with Crippen molar-refractivity contribution < 1.29 is 13.9 Å². The van der Waals surface area contributed by atoms with Crippen LogP contribution in [0.25, 0.3) is 0 Å². The highest BCUT2D eigenvalue weighted by Gasteiger charge is 2.25. The second-order valence-corrected chi connectivity index (χ2v) is 3.14. The van der Waals surface area contributed by atoms with Crippen LogP contribution in [-0.2, 0) is 9.53 Å². The first kappa shape index (κ1) is 8.94. The second-order valence-electron chi connectivity index (χ2n) is 3.14. The molecule has 0 bridgehead atoms. The van der Waals surface area contributed by atoms with Crippen LogP contribution in [0.5, 0.6) is 0 Å². The van der Waals surface area contributed by atoms with Crippen molar-refractivity contribution in [3.05, 3.63) is 48.0 Å². The van der Waals surface area contributed by atoms with Crippen molar-refractivity contribution in [3.8, 4) is 0 Å². The molecule has 0 aliphatic carbocycles. The molecule has 0 saturated carbocycles. The lowest BCUT2D eigenvalue weighted by Gasteiger charge is -2.12. The van der Waals surface area contributed by atoms with E-state index in [1.807, 2.05) is 0 Å². The third kappa shape index (κ3) is 1.53. The van der Waals surface area contributed by atoms with E-state index in [1.165, 1.54) is 18.4 Å². The van der Waals surface area contributed by atoms with E-state index in [-0.39, 0.29) is 11.7 Å². The highest BCUT2D eigenvalue weighted by atomic mass is 19.1. The molecule has 0 N–H and O–H groups in total. The summed E-state index contributed by atoms with van der Waals surface area (Å²) in [5, 5.41) is 0. The largest absolute Gasteiger partial charge is 0.490 e. The fourth-order valence-electron chi connectivity index (χ4n) is 1.52. The average molecular weight is 192 g/mol. The van der Waals surface area contributed by atoms with Crippen LogP contribution in [0.1, 0.15) is 11.5 Å². The first-order valence-electron chi connectivity index (χ1n) is 4.34. The highest BCUT2D eigenvalue weighted by Crippen LogP contribution is 2.27. The van der Waals surface area contributed by atoms with Gasteiger partial charge in [0.25, 0.3) is 0 Å². The number of ether oxygens (including phenoxy) is 1. The predicted octanol–water partition coefficient (Wildman–Crippen LogP) is 2.02. The van der Waals surface area contributed by atoms with Crippen LogP contribution in [0.15, 0.2) is 36.6 Å². The molecular weight excluding hydrogens is 183 g/mol.